The van der Waals surface area contributed by atoms with Gasteiger partial charge in [0.15, 0.2) is 11.5 Å². The van der Waals surface area contributed by atoms with Crippen molar-refractivity contribution in [2.75, 3.05) is 47.4 Å². The number of carbonyl (C=O) groups excluding carboxylic acids is 2. The second-order valence-electron chi connectivity index (χ2n) is 8.77. The minimum atomic E-state index is -0.128. The van der Waals surface area contributed by atoms with E-state index in [1.54, 1.807) is 32.2 Å². The van der Waals surface area contributed by atoms with Gasteiger partial charge in [-0.3, -0.25) is 9.59 Å². The Bertz CT molecular complexity index is 710. The quantitative estimate of drug-likeness (QED) is 0.719. The second kappa shape index (κ2) is 9.96. The summed E-state index contributed by atoms with van der Waals surface area (Å²) in [5.41, 5.74) is 0.516. The SMILES string of the molecule is COc1cc(C(=O)NCC(C)(C)CN(C)C)ccc1OC1CCN(C(C)=O)CC1. The number of benzene rings is 1. The fourth-order valence-corrected chi connectivity index (χ4v) is 3.71. The summed E-state index contributed by atoms with van der Waals surface area (Å²) in [6, 6.07) is 5.27. The van der Waals surface area contributed by atoms with E-state index in [1.165, 1.54) is 0 Å². The fourth-order valence-electron chi connectivity index (χ4n) is 3.71. The topological polar surface area (TPSA) is 71.1 Å². The molecule has 0 aromatic heterocycles. The van der Waals surface area contributed by atoms with Crippen LogP contribution in [0.4, 0.5) is 0 Å². The Labute approximate surface area is 174 Å². The Kier molecular flexibility index (Phi) is 7.90. The van der Waals surface area contributed by atoms with Crippen LogP contribution in [0.5, 0.6) is 11.5 Å². The highest BCUT2D eigenvalue weighted by atomic mass is 16.5. The molecule has 0 bridgehead atoms. The predicted molar refractivity (Wildman–Crippen MR) is 114 cm³/mol. The molecule has 29 heavy (non-hydrogen) atoms. The highest BCUT2D eigenvalue weighted by Gasteiger charge is 2.24. The van der Waals surface area contributed by atoms with Crippen LogP contribution in [0.3, 0.4) is 0 Å². The van der Waals surface area contributed by atoms with Crippen LogP contribution in [-0.2, 0) is 4.79 Å². The summed E-state index contributed by atoms with van der Waals surface area (Å²) >= 11 is 0. The van der Waals surface area contributed by atoms with Crippen molar-refractivity contribution in [2.24, 2.45) is 5.41 Å². The van der Waals surface area contributed by atoms with Crippen LogP contribution < -0.4 is 14.8 Å². The van der Waals surface area contributed by atoms with Crippen LogP contribution in [0.2, 0.25) is 0 Å². The third-order valence-electron chi connectivity index (χ3n) is 5.08. The molecule has 1 aliphatic rings. The lowest BCUT2D eigenvalue weighted by molar-refractivity contribution is -0.130. The molecule has 1 aromatic carbocycles. The number of piperidine rings is 1. The first-order chi connectivity index (χ1) is 13.6. The number of methoxy groups -OCH3 is 1. The molecule has 1 saturated heterocycles. The highest BCUT2D eigenvalue weighted by molar-refractivity contribution is 5.94. The summed E-state index contributed by atoms with van der Waals surface area (Å²) in [5, 5.41) is 3.01. The van der Waals surface area contributed by atoms with Crippen molar-refractivity contribution in [3.05, 3.63) is 23.8 Å². The fraction of sp³-hybridized carbons (Fsp3) is 0.636. The predicted octanol–water partition coefficient (Wildman–Crippen LogP) is 2.40. The number of carbonyl (C=O) groups is 2. The van der Waals surface area contributed by atoms with Gasteiger partial charge in [0.25, 0.3) is 5.91 Å². The Balaban J connectivity index is 1.97. The molecular weight excluding hydrogens is 370 g/mol. The van der Waals surface area contributed by atoms with Crippen LogP contribution in [0.1, 0.15) is 44.0 Å². The first kappa shape index (κ1) is 23.0. The van der Waals surface area contributed by atoms with E-state index in [4.69, 9.17) is 9.47 Å². The molecule has 1 fully saturated rings. The van der Waals surface area contributed by atoms with Gasteiger partial charge < -0.3 is 24.6 Å². The van der Waals surface area contributed by atoms with Gasteiger partial charge in [0.1, 0.15) is 6.10 Å². The molecule has 0 radical (unpaired) electrons. The second-order valence-corrected chi connectivity index (χ2v) is 8.77. The molecule has 7 nitrogen and oxygen atoms in total. The lowest BCUT2D eigenvalue weighted by Crippen LogP contribution is -2.40. The summed E-state index contributed by atoms with van der Waals surface area (Å²) in [7, 11) is 5.62. The minimum absolute atomic E-state index is 0.0268. The third kappa shape index (κ3) is 6.92. The number of likely N-dealkylation sites (tertiary alicyclic amines) is 1. The number of hydrogen-bond acceptors (Lipinski definition) is 5. The third-order valence-corrected chi connectivity index (χ3v) is 5.08. The van der Waals surface area contributed by atoms with Crippen LogP contribution in [0.25, 0.3) is 0 Å². The van der Waals surface area contributed by atoms with Gasteiger partial charge in [-0.2, -0.15) is 0 Å². The maximum atomic E-state index is 12.6. The molecule has 7 heteroatoms. The molecule has 2 rings (SSSR count). The van der Waals surface area contributed by atoms with E-state index in [0.29, 0.717) is 36.7 Å². The van der Waals surface area contributed by atoms with E-state index >= 15 is 0 Å². The number of ether oxygens (including phenoxy) is 2. The normalized spacial score (nSPS) is 15.3. The zero-order chi connectivity index (χ0) is 21.6. The Morgan fingerprint density at radius 3 is 2.41 bits per heavy atom. The van der Waals surface area contributed by atoms with E-state index in [9.17, 15) is 9.59 Å². The standard InChI is InChI=1S/C22H35N3O4/c1-16(26)25-11-9-18(10-12-25)29-19-8-7-17(13-20(19)28-6)21(27)23-14-22(2,3)15-24(4)5/h7-8,13,18H,9-12,14-15H2,1-6H3,(H,23,27). The number of amides is 2. The van der Waals surface area contributed by atoms with Crippen molar-refractivity contribution in [3.63, 3.8) is 0 Å². The molecule has 162 valence electrons. The number of hydrogen-bond donors (Lipinski definition) is 1. The minimum Gasteiger partial charge on any atom is -0.493 e. The van der Waals surface area contributed by atoms with Crippen molar-refractivity contribution in [2.45, 2.75) is 39.7 Å². The molecule has 0 saturated carbocycles. The van der Waals surface area contributed by atoms with Crippen molar-refractivity contribution in [1.29, 1.82) is 0 Å². The van der Waals surface area contributed by atoms with E-state index in [1.807, 2.05) is 19.0 Å². The van der Waals surface area contributed by atoms with Gasteiger partial charge in [0.05, 0.1) is 7.11 Å². The van der Waals surface area contributed by atoms with E-state index in [-0.39, 0.29) is 23.3 Å². The smallest absolute Gasteiger partial charge is 0.251 e. The zero-order valence-corrected chi connectivity index (χ0v) is 18.6. The van der Waals surface area contributed by atoms with Crippen LogP contribution in [0.15, 0.2) is 18.2 Å². The lowest BCUT2D eigenvalue weighted by Gasteiger charge is -2.31. The largest absolute Gasteiger partial charge is 0.493 e. The zero-order valence-electron chi connectivity index (χ0n) is 18.6. The van der Waals surface area contributed by atoms with Gasteiger partial charge in [0.2, 0.25) is 5.91 Å². The van der Waals surface area contributed by atoms with Crippen molar-refractivity contribution in [1.82, 2.24) is 15.1 Å². The van der Waals surface area contributed by atoms with Gasteiger partial charge in [0, 0.05) is 51.5 Å². The van der Waals surface area contributed by atoms with Crippen LogP contribution in [0, 0.1) is 5.41 Å². The molecule has 1 aromatic rings. The van der Waals surface area contributed by atoms with Crippen LogP contribution >= 0.6 is 0 Å². The average molecular weight is 406 g/mol. The Morgan fingerprint density at radius 2 is 1.86 bits per heavy atom. The number of rotatable bonds is 8. The summed E-state index contributed by atoms with van der Waals surface area (Å²) in [4.78, 5) is 28.0. The Morgan fingerprint density at radius 1 is 1.21 bits per heavy atom. The molecule has 1 heterocycles. The molecule has 0 spiro atoms. The summed E-state index contributed by atoms with van der Waals surface area (Å²) < 4.78 is 11.6. The molecule has 1 aliphatic heterocycles. The first-order valence-corrected chi connectivity index (χ1v) is 10.1. The molecule has 1 N–H and O–H groups in total. The van der Waals surface area contributed by atoms with Crippen molar-refractivity contribution >= 4 is 11.8 Å². The number of nitrogens with zero attached hydrogens (tertiary/aromatic N) is 2. The summed E-state index contributed by atoms with van der Waals surface area (Å²) in [5.74, 6) is 1.14. The van der Waals surface area contributed by atoms with E-state index in [2.05, 4.69) is 24.1 Å². The van der Waals surface area contributed by atoms with Gasteiger partial charge in [-0.15, -0.1) is 0 Å². The molecule has 2 amide bonds. The molecule has 0 atom stereocenters. The van der Waals surface area contributed by atoms with Gasteiger partial charge >= 0.3 is 0 Å². The van der Waals surface area contributed by atoms with Gasteiger partial charge in [-0.1, -0.05) is 13.8 Å². The lowest BCUT2D eigenvalue weighted by atomic mass is 9.93. The molecular formula is C22H35N3O4. The van der Waals surface area contributed by atoms with Gasteiger partial charge in [-0.25, -0.2) is 0 Å². The number of nitrogens with one attached hydrogen (secondary N) is 1. The molecule has 0 unspecified atom stereocenters. The van der Waals surface area contributed by atoms with Crippen molar-refractivity contribution < 1.29 is 19.1 Å². The monoisotopic (exact) mass is 405 g/mol. The average Bonchev–Trinajstić information content (AvgIpc) is 2.66. The molecule has 0 aliphatic carbocycles. The maximum Gasteiger partial charge on any atom is 0.251 e. The van der Waals surface area contributed by atoms with E-state index in [0.717, 1.165) is 19.4 Å². The van der Waals surface area contributed by atoms with Gasteiger partial charge in [-0.05, 0) is 37.7 Å². The first-order valence-electron chi connectivity index (χ1n) is 10.1. The highest BCUT2D eigenvalue weighted by Crippen LogP contribution is 2.31. The summed E-state index contributed by atoms with van der Waals surface area (Å²) in [6.45, 7) is 8.71. The summed E-state index contributed by atoms with van der Waals surface area (Å²) in [6.07, 6.45) is 1.60. The van der Waals surface area contributed by atoms with E-state index < -0.39 is 0 Å². The maximum absolute atomic E-state index is 12.6. The Hall–Kier alpha value is -2.28. The van der Waals surface area contributed by atoms with Crippen molar-refractivity contribution in [3.8, 4) is 11.5 Å². The van der Waals surface area contributed by atoms with Crippen LogP contribution in [-0.4, -0.2) is 75.1 Å².